The molecule has 3 rings (SSSR count). The van der Waals surface area contributed by atoms with Crippen LogP contribution >= 0.6 is 24.0 Å². The Balaban J connectivity index is 0.00000261. The van der Waals surface area contributed by atoms with Crippen LogP contribution in [0.3, 0.4) is 0 Å². The molecule has 0 aromatic carbocycles. The summed E-state index contributed by atoms with van der Waals surface area (Å²) in [6.07, 6.45) is 3.85. The summed E-state index contributed by atoms with van der Waals surface area (Å²) >= 11 is 0. The fourth-order valence-electron chi connectivity index (χ4n) is 3.64. The molecule has 27 heavy (non-hydrogen) atoms. The van der Waals surface area contributed by atoms with Crippen LogP contribution < -0.4 is 10.6 Å². The molecule has 0 radical (unpaired) electrons. The molecule has 2 saturated heterocycles. The number of aromatic nitrogens is 1. The second-order valence-electron chi connectivity index (χ2n) is 6.79. The van der Waals surface area contributed by atoms with E-state index in [2.05, 4.69) is 25.5 Å². The molecule has 2 fully saturated rings. The van der Waals surface area contributed by atoms with Gasteiger partial charge in [0.05, 0.1) is 19.8 Å². The van der Waals surface area contributed by atoms with E-state index in [-0.39, 0.29) is 24.0 Å². The van der Waals surface area contributed by atoms with Crippen molar-refractivity contribution >= 4 is 29.9 Å². The van der Waals surface area contributed by atoms with Gasteiger partial charge >= 0.3 is 0 Å². The first-order valence-corrected chi connectivity index (χ1v) is 9.61. The van der Waals surface area contributed by atoms with Crippen molar-refractivity contribution in [2.75, 3.05) is 59.7 Å². The van der Waals surface area contributed by atoms with Crippen LogP contribution in [0.1, 0.15) is 12.1 Å². The van der Waals surface area contributed by atoms with Crippen LogP contribution in [0.25, 0.3) is 0 Å². The van der Waals surface area contributed by atoms with E-state index in [1.807, 2.05) is 31.4 Å². The summed E-state index contributed by atoms with van der Waals surface area (Å²) in [6, 6.07) is 6.46. The fourth-order valence-corrected chi connectivity index (χ4v) is 3.64. The Kier molecular flexibility index (Phi) is 10.3. The van der Waals surface area contributed by atoms with Gasteiger partial charge in [-0.15, -0.1) is 24.0 Å². The van der Waals surface area contributed by atoms with Gasteiger partial charge in [-0.05, 0) is 18.6 Å². The molecule has 2 N–H and O–H groups in total. The summed E-state index contributed by atoms with van der Waals surface area (Å²) in [7, 11) is 1.82. The second-order valence-corrected chi connectivity index (χ2v) is 6.79. The van der Waals surface area contributed by atoms with E-state index in [1.165, 1.54) is 0 Å². The van der Waals surface area contributed by atoms with Crippen LogP contribution in [0, 0.1) is 5.92 Å². The van der Waals surface area contributed by atoms with Gasteiger partial charge in [-0.1, -0.05) is 6.07 Å². The van der Waals surface area contributed by atoms with E-state index in [0.717, 1.165) is 77.1 Å². The van der Waals surface area contributed by atoms with Crippen LogP contribution in [0.15, 0.2) is 29.4 Å². The van der Waals surface area contributed by atoms with Gasteiger partial charge in [0.15, 0.2) is 5.96 Å². The summed E-state index contributed by atoms with van der Waals surface area (Å²) in [5.74, 6) is 1.42. The molecule has 2 atom stereocenters. The second kappa shape index (κ2) is 12.5. The van der Waals surface area contributed by atoms with Crippen molar-refractivity contribution in [3.63, 3.8) is 0 Å². The van der Waals surface area contributed by atoms with Gasteiger partial charge in [-0.3, -0.25) is 14.9 Å². The lowest BCUT2D eigenvalue weighted by Gasteiger charge is -2.37. The van der Waals surface area contributed by atoms with Crippen molar-refractivity contribution in [1.29, 1.82) is 0 Å². The molecule has 0 spiro atoms. The van der Waals surface area contributed by atoms with Crippen molar-refractivity contribution < 1.29 is 9.47 Å². The van der Waals surface area contributed by atoms with Gasteiger partial charge in [-0.25, -0.2) is 0 Å². The number of ether oxygens (including phenoxy) is 2. The number of nitrogens with zero attached hydrogens (tertiary/aromatic N) is 3. The number of pyridine rings is 1. The molecule has 2 aliphatic heterocycles. The lowest BCUT2D eigenvalue weighted by Crippen LogP contribution is -2.53. The Bertz CT molecular complexity index is 548. The topological polar surface area (TPSA) is 71.0 Å². The first-order chi connectivity index (χ1) is 12.9. The van der Waals surface area contributed by atoms with Crippen LogP contribution in [0.2, 0.25) is 0 Å². The Morgan fingerprint density at radius 3 is 2.78 bits per heavy atom. The van der Waals surface area contributed by atoms with Gasteiger partial charge in [0.1, 0.15) is 0 Å². The summed E-state index contributed by atoms with van der Waals surface area (Å²) in [5, 5.41) is 6.90. The molecule has 2 unspecified atom stereocenters. The number of halogens is 1. The SMILES string of the molecule is CN=C(NCCc1ccccn1)NCC(C1CCOC1)N1CCOCC1.I. The zero-order valence-corrected chi connectivity index (χ0v) is 18.4. The zero-order valence-electron chi connectivity index (χ0n) is 16.1. The maximum absolute atomic E-state index is 5.64. The van der Waals surface area contributed by atoms with Gasteiger partial charge < -0.3 is 20.1 Å². The van der Waals surface area contributed by atoms with E-state index in [0.29, 0.717) is 12.0 Å². The molecule has 0 saturated carbocycles. The van der Waals surface area contributed by atoms with Gasteiger partial charge in [0, 0.05) is 70.1 Å². The zero-order chi connectivity index (χ0) is 18.0. The number of nitrogens with one attached hydrogen (secondary N) is 2. The van der Waals surface area contributed by atoms with Gasteiger partial charge in [-0.2, -0.15) is 0 Å². The molecule has 3 heterocycles. The number of hydrogen-bond donors (Lipinski definition) is 2. The standard InChI is InChI=1S/C19H31N5O2.HI/c1-20-19(22-8-5-17-4-2-3-7-21-17)23-14-18(16-6-11-26-15-16)24-9-12-25-13-10-24;/h2-4,7,16,18H,5-6,8-15H2,1H3,(H2,20,22,23);1H. The van der Waals surface area contributed by atoms with Crippen molar-refractivity contribution in [3.05, 3.63) is 30.1 Å². The number of aliphatic imine (C=N–C) groups is 1. The Hall–Kier alpha value is -0.970. The third-order valence-electron chi connectivity index (χ3n) is 5.13. The molecule has 2 aliphatic rings. The largest absolute Gasteiger partial charge is 0.381 e. The summed E-state index contributed by atoms with van der Waals surface area (Å²) in [4.78, 5) is 11.3. The first-order valence-electron chi connectivity index (χ1n) is 9.61. The predicted octanol–water partition coefficient (Wildman–Crippen LogP) is 1.14. The smallest absolute Gasteiger partial charge is 0.191 e. The minimum Gasteiger partial charge on any atom is -0.381 e. The van der Waals surface area contributed by atoms with Crippen molar-refractivity contribution in [2.45, 2.75) is 18.9 Å². The average molecular weight is 489 g/mol. The van der Waals surface area contributed by atoms with Crippen molar-refractivity contribution in [2.24, 2.45) is 10.9 Å². The molecule has 0 bridgehead atoms. The third kappa shape index (κ3) is 7.17. The minimum atomic E-state index is 0. The van der Waals surface area contributed by atoms with Crippen LogP contribution in [0.5, 0.6) is 0 Å². The van der Waals surface area contributed by atoms with E-state index < -0.39 is 0 Å². The van der Waals surface area contributed by atoms with Crippen LogP contribution in [-0.2, 0) is 15.9 Å². The predicted molar refractivity (Wildman–Crippen MR) is 118 cm³/mol. The third-order valence-corrected chi connectivity index (χ3v) is 5.13. The molecule has 8 heteroatoms. The molecule has 0 amide bonds. The molecule has 1 aromatic heterocycles. The number of guanidine groups is 1. The lowest BCUT2D eigenvalue weighted by molar-refractivity contribution is 0.00247. The lowest BCUT2D eigenvalue weighted by atomic mass is 9.97. The Morgan fingerprint density at radius 1 is 1.26 bits per heavy atom. The van der Waals surface area contributed by atoms with E-state index in [1.54, 1.807) is 0 Å². The summed E-state index contributed by atoms with van der Waals surface area (Å²) in [6.45, 7) is 7.05. The quantitative estimate of drug-likeness (QED) is 0.340. The van der Waals surface area contributed by atoms with Crippen molar-refractivity contribution in [1.82, 2.24) is 20.5 Å². The summed E-state index contributed by atoms with van der Waals surface area (Å²) < 4.78 is 11.2. The molecule has 1 aromatic rings. The van der Waals surface area contributed by atoms with Crippen LogP contribution in [0.4, 0.5) is 0 Å². The molecule has 0 aliphatic carbocycles. The monoisotopic (exact) mass is 489 g/mol. The Morgan fingerprint density at radius 2 is 2.11 bits per heavy atom. The first kappa shape index (κ1) is 22.3. The highest BCUT2D eigenvalue weighted by Crippen LogP contribution is 2.21. The van der Waals surface area contributed by atoms with E-state index >= 15 is 0 Å². The maximum Gasteiger partial charge on any atom is 0.191 e. The number of morpholine rings is 1. The van der Waals surface area contributed by atoms with Crippen molar-refractivity contribution in [3.8, 4) is 0 Å². The molecular weight excluding hydrogens is 457 g/mol. The number of rotatable bonds is 7. The van der Waals surface area contributed by atoms with Crippen LogP contribution in [-0.4, -0.2) is 81.5 Å². The van der Waals surface area contributed by atoms with E-state index in [4.69, 9.17) is 9.47 Å². The normalized spacial score (nSPS) is 22.1. The Labute approximate surface area is 179 Å². The highest BCUT2D eigenvalue weighted by atomic mass is 127. The highest BCUT2D eigenvalue weighted by molar-refractivity contribution is 14.0. The van der Waals surface area contributed by atoms with E-state index in [9.17, 15) is 0 Å². The maximum atomic E-state index is 5.64. The van der Waals surface area contributed by atoms with Gasteiger partial charge in [0.2, 0.25) is 0 Å². The van der Waals surface area contributed by atoms with Gasteiger partial charge in [0.25, 0.3) is 0 Å². The molecule has 7 nitrogen and oxygen atoms in total. The highest BCUT2D eigenvalue weighted by Gasteiger charge is 2.31. The number of hydrogen-bond acceptors (Lipinski definition) is 5. The average Bonchev–Trinajstić information content (AvgIpc) is 3.23. The molecule has 152 valence electrons. The summed E-state index contributed by atoms with van der Waals surface area (Å²) in [5.41, 5.74) is 1.09. The minimum absolute atomic E-state index is 0. The molecular formula is C19H32IN5O2. The fraction of sp³-hybridized carbons (Fsp3) is 0.684.